The van der Waals surface area contributed by atoms with Gasteiger partial charge in [0.25, 0.3) is 10.0 Å². The zero-order valence-electron chi connectivity index (χ0n) is 16.5. The summed E-state index contributed by atoms with van der Waals surface area (Å²) in [5.41, 5.74) is 3.80. The number of fused-ring (bicyclic) bond motifs is 1. The minimum atomic E-state index is -3.70. The lowest BCUT2D eigenvalue weighted by atomic mass is 9.99. The molecule has 4 rings (SSSR count). The molecule has 6 heteroatoms. The highest BCUT2D eigenvalue weighted by Crippen LogP contribution is 2.33. The molecule has 2 heterocycles. The molecule has 0 saturated heterocycles. The molecule has 0 aliphatic carbocycles. The second-order valence-electron chi connectivity index (χ2n) is 7.49. The lowest BCUT2D eigenvalue weighted by Gasteiger charge is -2.21. The fourth-order valence-corrected chi connectivity index (χ4v) is 5.07. The van der Waals surface area contributed by atoms with Crippen molar-refractivity contribution in [3.63, 3.8) is 0 Å². The zero-order valence-corrected chi connectivity index (χ0v) is 17.3. The predicted molar refractivity (Wildman–Crippen MR) is 115 cm³/mol. The van der Waals surface area contributed by atoms with E-state index in [1.54, 1.807) is 24.4 Å². The SMILES string of the molecule is CN1CC=C(c2cn(S(=O)(=O)c3cccc(N(C)C)c3)c3ccccc23)CC1. The van der Waals surface area contributed by atoms with Crippen molar-refractivity contribution in [3.8, 4) is 0 Å². The number of nitrogens with zero attached hydrogens (tertiary/aromatic N) is 3. The number of rotatable bonds is 4. The van der Waals surface area contributed by atoms with Crippen molar-refractivity contribution in [1.82, 2.24) is 8.87 Å². The summed E-state index contributed by atoms with van der Waals surface area (Å²) in [7, 11) is 2.21. The molecule has 0 fully saturated rings. The molecule has 1 aliphatic rings. The molecule has 146 valence electrons. The second kappa shape index (κ2) is 7.11. The molecule has 0 amide bonds. The van der Waals surface area contributed by atoms with Gasteiger partial charge in [0, 0.05) is 50.0 Å². The molecule has 0 atom stereocenters. The molecule has 5 nitrogen and oxygen atoms in total. The third kappa shape index (κ3) is 3.23. The Morgan fingerprint density at radius 3 is 2.54 bits per heavy atom. The van der Waals surface area contributed by atoms with Crippen LogP contribution in [0.1, 0.15) is 12.0 Å². The van der Waals surface area contributed by atoms with Crippen LogP contribution in [0.2, 0.25) is 0 Å². The Morgan fingerprint density at radius 2 is 1.82 bits per heavy atom. The number of para-hydroxylation sites is 1. The first-order valence-electron chi connectivity index (χ1n) is 9.39. The lowest BCUT2D eigenvalue weighted by Crippen LogP contribution is -2.23. The van der Waals surface area contributed by atoms with E-state index < -0.39 is 10.0 Å². The van der Waals surface area contributed by atoms with E-state index >= 15 is 0 Å². The molecule has 0 spiro atoms. The average Bonchev–Trinajstić information content (AvgIpc) is 3.09. The Labute approximate surface area is 166 Å². The molecule has 0 unspecified atom stereocenters. The van der Waals surface area contributed by atoms with E-state index in [1.807, 2.05) is 49.3 Å². The normalized spacial score (nSPS) is 15.6. The van der Waals surface area contributed by atoms with Gasteiger partial charge in [-0.1, -0.05) is 30.3 Å². The monoisotopic (exact) mass is 395 g/mol. The molecular weight excluding hydrogens is 370 g/mol. The fourth-order valence-electron chi connectivity index (χ4n) is 3.66. The molecule has 28 heavy (non-hydrogen) atoms. The summed E-state index contributed by atoms with van der Waals surface area (Å²) in [5, 5.41) is 0.977. The summed E-state index contributed by atoms with van der Waals surface area (Å²) < 4.78 is 28.4. The van der Waals surface area contributed by atoms with Crippen LogP contribution in [0.25, 0.3) is 16.5 Å². The number of hydrogen-bond acceptors (Lipinski definition) is 4. The number of anilines is 1. The summed E-state index contributed by atoms with van der Waals surface area (Å²) >= 11 is 0. The lowest BCUT2D eigenvalue weighted by molar-refractivity contribution is 0.370. The van der Waals surface area contributed by atoms with E-state index in [2.05, 4.69) is 18.0 Å². The Morgan fingerprint density at radius 1 is 1.04 bits per heavy atom. The van der Waals surface area contributed by atoms with Crippen molar-refractivity contribution in [3.05, 3.63) is 66.4 Å². The molecule has 0 radical (unpaired) electrons. The van der Waals surface area contributed by atoms with Crippen LogP contribution in [-0.4, -0.2) is 51.5 Å². The Balaban J connectivity index is 1.89. The van der Waals surface area contributed by atoms with Crippen molar-refractivity contribution in [2.75, 3.05) is 39.1 Å². The van der Waals surface area contributed by atoms with E-state index in [0.717, 1.165) is 36.1 Å². The maximum absolute atomic E-state index is 13.5. The van der Waals surface area contributed by atoms with E-state index in [4.69, 9.17) is 0 Å². The van der Waals surface area contributed by atoms with E-state index in [-0.39, 0.29) is 0 Å². The van der Waals surface area contributed by atoms with Crippen molar-refractivity contribution in [2.24, 2.45) is 0 Å². The van der Waals surface area contributed by atoms with Crippen molar-refractivity contribution in [2.45, 2.75) is 11.3 Å². The van der Waals surface area contributed by atoms with Gasteiger partial charge in [0.15, 0.2) is 0 Å². The molecule has 1 aromatic heterocycles. The smallest absolute Gasteiger partial charge is 0.268 e. The van der Waals surface area contributed by atoms with Gasteiger partial charge in [-0.25, -0.2) is 12.4 Å². The zero-order chi connectivity index (χ0) is 19.9. The topological polar surface area (TPSA) is 45.6 Å². The Kier molecular flexibility index (Phi) is 4.77. The van der Waals surface area contributed by atoms with Crippen LogP contribution in [-0.2, 0) is 10.0 Å². The first-order valence-corrected chi connectivity index (χ1v) is 10.8. The molecule has 0 bridgehead atoms. The molecule has 2 aromatic carbocycles. The van der Waals surface area contributed by atoms with Crippen LogP contribution in [0, 0.1) is 0 Å². The summed E-state index contributed by atoms with van der Waals surface area (Å²) in [6, 6.07) is 14.8. The first kappa shape index (κ1) is 18.8. The van der Waals surface area contributed by atoms with Crippen LogP contribution in [0.4, 0.5) is 5.69 Å². The van der Waals surface area contributed by atoms with Crippen LogP contribution in [0.15, 0.2) is 65.7 Å². The molecule has 1 aliphatic heterocycles. The van der Waals surface area contributed by atoms with Gasteiger partial charge in [0.1, 0.15) is 0 Å². The van der Waals surface area contributed by atoms with Gasteiger partial charge in [-0.2, -0.15) is 0 Å². The van der Waals surface area contributed by atoms with Gasteiger partial charge in [0.2, 0.25) is 0 Å². The maximum atomic E-state index is 13.5. The van der Waals surface area contributed by atoms with Crippen LogP contribution >= 0.6 is 0 Å². The number of likely N-dealkylation sites (N-methyl/N-ethyl adjacent to an activating group) is 1. The molecule has 3 aromatic rings. The summed E-state index contributed by atoms with van der Waals surface area (Å²) in [4.78, 5) is 4.46. The third-order valence-electron chi connectivity index (χ3n) is 5.33. The number of aromatic nitrogens is 1. The van der Waals surface area contributed by atoms with Crippen LogP contribution in [0.5, 0.6) is 0 Å². The second-order valence-corrected chi connectivity index (χ2v) is 9.31. The third-order valence-corrected chi connectivity index (χ3v) is 7.00. The van der Waals surface area contributed by atoms with Gasteiger partial charge in [-0.3, -0.25) is 0 Å². The Hall–Kier alpha value is -2.57. The predicted octanol–water partition coefficient (Wildman–Crippen LogP) is 3.66. The minimum absolute atomic E-state index is 0.295. The molecular formula is C22H25N3O2S. The van der Waals surface area contributed by atoms with Gasteiger partial charge >= 0.3 is 0 Å². The van der Waals surface area contributed by atoms with E-state index in [0.29, 0.717) is 10.4 Å². The Bertz CT molecular complexity index is 1160. The highest BCUT2D eigenvalue weighted by molar-refractivity contribution is 7.90. The highest BCUT2D eigenvalue weighted by Gasteiger charge is 2.23. The van der Waals surface area contributed by atoms with Gasteiger partial charge in [0.05, 0.1) is 10.4 Å². The number of hydrogen-bond donors (Lipinski definition) is 0. The standard InChI is InChI=1S/C22H25N3O2S/c1-23(2)18-7-6-8-19(15-18)28(26,27)25-16-21(17-11-13-24(3)14-12-17)20-9-4-5-10-22(20)25/h4-11,15-16H,12-14H2,1-3H3. The largest absolute Gasteiger partial charge is 0.378 e. The number of benzene rings is 2. The van der Waals surface area contributed by atoms with Crippen LogP contribution in [0.3, 0.4) is 0 Å². The highest BCUT2D eigenvalue weighted by atomic mass is 32.2. The van der Waals surface area contributed by atoms with Crippen molar-refractivity contribution in [1.29, 1.82) is 0 Å². The van der Waals surface area contributed by atoms with Crippen molar-refractivity contribution >= 4 is 32.2 Å². The summed E-state index contributed by atoms with van der Waals surface area (Å²) in [6.07, 6.45) is 4.91. The molecule has 0 N–H and O–H groups in total. The molecule has 0 saturated carbocycles. The van der Waals surface area contributed by atoms with Gasteiger partial charge in [-0.05, 0) is 43.3 Å². The van der Waals surface area contributed by atoms with Crippen LogP contribution < -0.4 is 4.90 Å². The van der Waals surface area contributed by atoms with Crippen molar-refractivity contribution < 1.29 is 8.42 Å². The summed E-state index contributed by atoms with van der Waals surface area (Å²) in [5.74, 6) is 0. The average molecular weight is 396 g/mol. The van der Waals surface area contributed by atoms with Gasteiger partial charge < -0.3 is 9.80 Å². The van der Waals surface area contributed by atoms with E-state index in [9.17, 15) is 8.42 Å². The summed E-state index contributed by atoms with van der Waals surface area (Å²) in [6.45, 7) is 1.86. The van der Waals surface area contributed by atoms with Gasteiger partial charge in [-0.15, -0.1) is 0 Å². The fraction of sp³-hybridized carbons (Fsp3) is 0.273. The quantitative estimate of drug-likeness (QED) is 0.676. The van der Waals surface area contributed by atoms with E-state index in [1.165, 1.54) is 9.55 Å². The first-order chi connectivity index (χ1) is 13.4. The maximum Gasteiger partial charge on any atom is 0.268 e. The minimum Gasteiger partial charge on any atom is -0.378 e.